The van der Waals surface area contributed by atoms with Crippen LogP contribution in [-0.4, -0.2) is 96.7 Å². The second-order valence-electron chi connectivity index (χ2n) is 28.6. The molecule has 0 spiro atoms. The van der Waals surface area contributed by atoms with Gasteiger partial charge in [0.25, 0.3) is 0 Å². The molecule has 0 aromatic carbocycles. The van der Waals surface area contributed by atoms with Crippen LogP contribution >= 0.6 is 15.6 Å². The van der Waals surface area contributed by atoms with Gasteiger partial charge in [-0.05, 0) is 43.4 Å². The number of ether oxygens (including phenoxy) is 4. The Morgan fingerprint density at radius 3 is 0.800 bits per heavy atom. The molecule has 0 aliphatic carbocycles. The number of carbonyl (C=O) groups is 4. The summed E-state index contributed by atoms with van der Waals surface area (Å²) in [4.78, 5) is 72.7. The lowest BCUT2D eigenvalue weighted by Crippen LogP contribution is -2.30. The number of hydrogen-bond donors (Lipinski definition) is 3. The first-order valence-electron chi connectivity index (χ1n) is 39.4. The lowest BCUT2D eigenvalue weighted by molar-refractivity contribution is -0.161. The first-order valence-corrected chi connectivity index (χ1v) is 42.4. The Bertz CT molecular complexity index is 1850. The Kier molecular flexibility index (Phi) is 65.2. The van der Waals surface area contributed by atoms with Gasteiger partial charge in [-0.15, -0.1) is 0 Å². The summed E-state index contributed by atoms with van der Waals surface area (Å²) in [6, 6.07) is 0. The van der Waals surface area contributed by atoms with Crippen molar-refractivity contribution in [1.82, 2.24) is 0 Å². The van der Waals surface area contributed by atoms with Gasteiger partial charge >= 0.3 is 39.5 Å². The summed E-state index contributed by atoms with van der Waals surface area (Å²) in [5, 5.41) is 10.6. The van der Waals surface area contributed by atoms with Crippen molar-refractivity contribution < 1.29 is 80.2 Å². The van der Waals surface area contributed by atoms with E-state index in [-0.39, 0.29) is 25.7 Å². The monoisotopic (exact) mass is 1400 g/mol. The molecule has 0 fully saturated rings. The molecular formula is C76H148O17P2. The van der Waals surface area contributed by atoms with Crippen LogP contribution in [0, 0.1) is 17.8 Å². The number of aliphatic hydroxyl groups excluding tert-OH is 1. The van der Waals surface area contributed by atoms with Crippen molar-refractivity contribution in [2.45, 2.75) is 407 Å². The van der Waals surface area contributed by atoms with Crippen molar-refractivity contribution in [1.29, 1.82) is 0 Å². The van der Waals surface area contributed by atoms with Gasteiger partial charge in [-0.3, -0.25) is 37.3 Å². The molecule has 19 heteroatoms. The van der Waals surface area contributed by atoms with Crippen LogP contribution in [0.15, 0.2) is 0 Å². The lowest BCUT2D eigenvalue weighted by atomic mass is 9.99. The summed E-state index contributed by atoms with van der Waals surface area (Å²) < 4.78 is 68.5. The van der Waals surface area contributed by atoms with Crippen LogP contribution in [-0.2, 0) is 65.4 Å². The summed E-state index contributed by atoms with van der Waals surface area (Å²) in [5.41, 5.74) is 0. The average Bonchev–Trinajstić information content (AvgIpc) is 1.79. The van der Waals surface area contributed by atoms with E-state index in [4.69, 9.17) is 37.0 Å². The second-order valence-corrected chi connectivity index (χ2v) is 31.5. The molecule has 3 N–H and O–H groups in total. The third kappa shape index (κ3) is 69.0. The van der Waals surface area contributed by atoms with Crippen molar-refractivity contribution >= 4 is 39.5 Å². The number of phosphoric ester groups is 2. The molecule has 0 aliphatic heterocycles. The lowest BCUT2D eigenvalue weighted by Gasteiger charge is -2.21. The van der Waals surface area contributed by atoms with Gasteiger partial charge in [-0.25, -0.2) is 9.13 Å². The van der Waals surface area contributed by atoms with Gasteiger partial charge in [0.1, 0.15) is 19.3 Å². The third-order valence-electron chi connectivity index (χ3n) is 18.0. The highest BCUT2D eigenvalue weighted by Gasteiger charge is 2.30. The van der Waals surface area contributed by atoms with Crippen molar-refractivity contribution in [3.63, 3.8) is 0 Å². The Morgan fingerprint density at radius 1 is 0.305 bits per heavy atom. The zero-order valence-corrected chi connectivity index (χ0v) is 63.9. The highest BCUT2D eigenvalue weighted by Crippen LogP contribution is 2.45. The molecule has 17 nitrogen and oxygen atoms in total. The third-order valence-corrected chi connectivity index (χ3v) is 19.9. The molecule has 0 saturated heterocycles. The molecule has 0 radical (unpaired) electrons. The van der Waals surface area contributed by atoms with E-state index >= 15 is 0 Å². The Balaban J connectivity index is 5.21. The van der Waals surface area contributed by atoms with Crippen LogP contribution in [0.1, 0.15) is 389 Å². The number of esters is 4. The van der Waals surface area contributed by atoms with Gasteiger partial charge in [-0.2, -0.15) is 0 Å². The Morgan fingerprint density at radius 2 is 0.537 bits per heavy atom. The van der Waals surface area contributed by atoms with E-state index in [1.807, 2.05) is 0 Å². The van der Waals surface area contributed by atoms with Crippen molar-refractivity contribution in [2.24, 2.45) is 17.8 Å². The largest absolute Gasteiger partial charge is 0.472 e. The molecule has 0 rings (SSSR count). The average molecular weight is 1400 g/mol. The van der Waals surface area contributed by atoms with E-state index in [2.05, 4.69) is 48.5 Å². The van der Waals surface area contributed by atoms with Crippen molar-refractivity contribution in [2.75, 3.05) is 39.6 Å². The predicted molar refractivity (Wildman–Crippen MR) is 386 cm³/mol. The van der Waals surface area contributed by atoms with Crippen LogP contribution in [0.4, 0.5) is 0 Å². The molecular weight excluding hydrogens is 1250 g/mol. The van der Waals surface area contributed by atoms with E-state index < -0.39 is 97.5 Å². The number of phosphoric acid groups is 2. The molecule has 0 saturated carbocycles. The topological polar surface area (TPSA) is 237 Å². The van der Waals surface area contributed by atoms with Crippen LogP contribution in [0.5, 0.6) is 0 Å². The minimum absolute atomic E-state index is 0.105. The molecule has 95 heavy (non-hydrogen) atoms. The summed E-state index contributed by atoms with van der Waals surface area (Å²) in [5.74, 6) is 0.249. The molecule has 0 bridgehead atoms. The minimum Gasteiger partial charge on any atom is -0.462 e. The smallest absolute Gasteiger partial charge is 0.462 e. The van der Waals surface area contributed by atoms with E-state index in [1.165, 1.54) is 193 Å². The molecule has 0 aromatic heterocycles. The van der Waals surface area contributed by atoms with Gasteiger partial charge < -0.3 is 33.8 Å². The SMILES string of the molecule is CCCCCCCCCCC(=O)OC[C@H](COP(=O)(O)OC[C@H](O)COP(=O)(O)OC[C@@H](COC(=O)CCCCCCCCCCCCCCCC(C)C)OC(=O)CCCCCCCCCCCCCCCCCCC(C)C)OC(=O)CCCCCCCCCCC(C)CC. The maximum atomic E-state index is 13.1. The summed E-state index contributed by atoms with van der Waals surface area (Å²) in [6.45, 7) is 11.9. The fraction of sp³-hybridized carbons (Fsp3) is 0.947. The van der Waals surface area contributed by atoms with Crippen molar-refractivity contribution in [3.05, 3.63) is 0 Å². The number of carbonyl (C=O) groups excluding carboxylic acids is 4. The van der Waals surface area contributed by atoms with Crippen LogP contribution in [0.2, 0.25) is 0 Å². The zero-order valence-electron chi connectivity index (χ0n) is 62.1. The molecule has 564 valence electrons. The van der Waals surface area contributed by atoms with Crippen molar-refractivity contribution in [3.8, 4) is 0 Å². The summed E-state index contributed by atoms with van der Waals surface area (Å²) in [6.07, 6.45) is 52.7. The van der Waals surface area contributed by atoms with E-state index in [0.29, 0.717) is 25.7 Å². The second kappa shape index (κ2) is 66.6. The molecule has 0 aliphatic rings. The quantitative estimate of drug-likeness (QED) is 0.0222. The van der Waals surface area contributed by atoms with Gasteiger partial charge in [0.05, 0.1) is 26.4 Å². The minimum atomic E-state index is -4.96. The maximum absolute atomic E-state index is 13.1. The first-order chi connectivity index (χ1) is 45.8. The van der Waals surface area contributed by atoms with Gasteiger partial charge in [0.2, 0.25) is 0 Å². The maximum Gasteiger partial charge on any atom is 0.472 e. The Hall–Kier alpha value is -1.94. The zero-order chi connectivity index (χ0) is 70.1. The molecule has 0 heterocycles. The van der Waals surface area contributed by atoms with Crippen LogP contribution in [0.3, 0.4) is 0 Å². The van der Waals surface area contributed by atoms with E-state index in [0.717, 1.165) is 114 Å². The van der Waals surface area contributed by atoms with E-state index in [1.54, 1.807) is 0 Å². The normalized spacial score (nSPS) is 14.4. The van der Waals surface area contributed by atoms with E-state index in [9.17, 15) is 43.2 Å². The Labute approximate surface area is 581 Å². The molecule has 0 aromatic rings. The van der Waals surface area contributed by atoms with Gasteiger partial charge in [0, 0.05) is 25.7 Å². The number of rotatable bonds is 74. The predicted octanol–water partition coefficient (Wildman–Crippen LogP) is 22.2. The fourth-order valence-electron chi connectivity index (χ4n) is 11.6. The number of unbranched alkanes of at least 4 members (excludes halogenated alkanes) is 41. The molecule has 0 amide bonds. The molecule has 3 unspecified atom stereocenters. The van der Waals surface area contributed by atoms with Crippen LogP contribution < -0.4 is 0 Å². The highest BCUT2D eigenvalue weighted by atomic mass is 31.2. The fourth-order valence-corrected chi connectivity index (χ4v) is 13.1. The highest BCUT2D eigenvalue weighted by molar-refractivity contribution is 7.47. The summed E-state index contributed by atoms with van der Waals surface area (Å²) >= 11 is 0. The van der Waals surface area contributed by atoms with Gasteiger partial charge in [0.15, 0.2) is 12.2 Å². The number of hydrogen-bond acceptors (Lipinski definition) is 15. The summed E-state index contributed by atoms with van der Waals surface area (Å²) in [7, 11) is -9.91. The van der Waals surface area contributed by atoms with Gasteiger partial charge in [-0.1, -0.05) is 337 Å². The molecule has 6 atom stereocenters. The van der Waals surface area contributed by atoms with Crippen LogP contribution in [0.25, 0.3) is 0 Å². The number of aliphatic hydroxyl groups is 1. The first kappa shape index (κ1) is 93.1. The standard InChI is InChI=1S/C76H148O17P2/c1-8-10-11-12-13-36-43-50-57-73(78)86-63-71(93-76(81)60-53-46-39-32-31-35-42-49-56-69(7)9-2)65-90-94(82,83)88-61-70(77)62-89-95(84,85)91-66-72(64-87-74(79)58-51-44-37-29-25-22-18-20-24-28-34-41-48-55-68(5)6)92-75(80)59-52-45-38-30-26-21-17-15-14-16-19-23-27-33-40-47-54-67(3)4/h67-72,77H,8-66H2,1-7H3,(H,82,83)(H,84,85)/t69?,70-,71+,72+/m0/s1.